The van der Waals surface area contributed by atoms with Gasteiger partial charge in [0.05, 0.1) is 29.8 Å². The third kappa shape index (κ3) is 6.15. The van der Waals surface area contributed by atoms with Crippen molar-refractivity contribution in [1.29, 1.82) is 0 Å². The van der Waals surface area contributed by atoms with Gasteiger partial charge >= 0.3 is 0 Å². The zero-order valence-electron chi connectivity index (χ0n) is 19.6. The van der Waals surface area contributed by atoms with Gasteiger partial charge in [-0.1, -0.05) is 31.0 Å². The highest BCUT2D eigenvalue weighted by atomic mass is 32.2. The lowest BCUT2D eigenvalue weighted by molar-refractivity contribution is 0.0927. The molecule has 1 fully saturated rings. The topological polar surface area (TPSA) is 90.3 Å². The number of ketones is 1. The van der Waals surface area contributed by atoms with Gasteiger partial charge in [-0.05, 0) is 55.3 Å². The number of halogens is 1. The van der Waals surface area contributed by atoms with Gasteiger partial charge in [-0.2, -0.15) is 0 Å². The molecule has 184 valence electrons. The van der Waals surface area contributed by atoms with E-state index in [9.17, 15) is 18.8 Å². The third-order valence-corrected chi connectivity index (χ3v) is 7.12. The minimum absolute atomic E-state index is 0.0262. The Bertz CT molecular complexity index is 1270. The van der Waals surface area contributed by atoms with Crippen molar-refractivity contribution in [3.05, 3.63) is 69.8 Å². The quantitative estimate of drug-likeness (QED) is 0.271. The number of hydrogen-bond donors (Lipinski definition) is 1. The highest BCUT2D eigenvalue weighted by molar-refractivity contribution is 7.99. The second-order valence-electron chi connectivity index (χ2n) is 8.60. The molecule has 0 unspecified atom stereocenters. The van der Waals surface area contributed by atoms with Crippen LogP contribution in [0.5, 0.6) is 0 Å². The SMILES string of the molecule is COCCn1c(SCC(=O)c2ccc(F)cc2)nc2cc(C(=O)NC3CCCCC3)ccc2c1=O. The summed E-state index contributed by atoms with van der Waals surface area (Å²) >= 11 is 1.13. The van der Waals surface area contributed by atoms with E-state index in [1.807, 2.05) is 0 Å². The van der Waals surface area contributed by atoms with Gasteiger partial charge in [0.15, 0.2) is 10.9 Å². The summed E-state index contributed by atoms with van der Waals surface area (Å²) in [5.74, 6) is -0.770. The van der Waals surface area contributed by atoms with Crippen LogP contribution in [0.4, 0.5) is 4.39 Å². The molecule has 1 aromatic heterocycles. The van der Waals surface area contributed by atoms with Crippen LogP contribution < -0.4 is 10.9 Å². The number of ether oxygens (including phenoxy) is 1. The molecule has 1 aliphatic rings. The number of methoxy groups -OCH3 is 1. The van der Waals surface area contributed by atoms with Gasteiger partial charge in [0.2, 0.25) is 0 Å². The number of thioether (sulfide) groups is 1. The fourth-order valence-electron chi connectivity index (χ4n) is 4.20. The highest BCUT2D eigenvalue weighted by Crippen LogP contribution is 2.22. The second kappa shape index (κ2) is 11.6. The van der Waals surface area contributed by atoms with Crippen molar-refractivity contribution in [2.24, 2.45) is 0 Å². The molecule has 0 aliphatic heterocycles. The summed E-state index contributed by atoms with van der Waals surface area (Å²) < 4.78 is 19.8. The summed E-state index contributed by atoms with van der Waals surface area (Å²) in [5, 5.41) is 3.84. The summed E-state index contributed by atoms with van der Waals surface area (Å²) in [4.78, 5) is 43.3. The summed E-state index contributed by atoms with van der Waals surface area (Å²) in [6.45, 7) is 0.573. The summed E-state index contributed by atoms with van der Waals surface area (Å²) in [6, 6.07) is 10.4. The molecule has 2 aromatic carbocycles. The minimum atomic E-state index is -0.415. The van der Waals surface area contributed by atoms with Crippen LogP contribution in [0.15, 0.2) is 52.4 Å². The zero-order chi connectivity index (χ0) is 24.8. The first-order chi connectivity index (χ1) is 17.0. The first-order valence-electron chi connectivity index (χ1n) is 11.7. The van der Waals surface area contributed by atoms with E-state index in [-0.39, 0.29) is 35.6 Å². The summed E-state index contributed by atoms with van der Waals surface area (Å²) in [5.41, 5.74) is 0.967. The molecule has 0 bridgehead atoms. The molecule has 35 heavy (non-hydrogen) atoms. The number of carbonyl (C=O) groups excluding carboxylic acids is 2. The molecule has 1 heterocycles. The average Bonchev–Trinajstić information content (AvgIpc) is 2.87. The Balaban J connectivity index is 1.60. The average molecular weight is 498 g/mol. The number of Topliss-reactive ketones (excluding diaryl/α,β-unsaturated/α-hetero) is 1. The number of amides is 1. The van der Waals surface area contributed by atoms with E-state index in [0.29, 0.717) is 33.8 Å². The molecule has 0 saturated heterocycles. The molecule has 1 saturated carbocycles. The number of hydrogen-bond acceptors (Lipinski definition) is 6. The van der Waals surface area contributed by atoms with Crippen LogP contribution in [0.2, 0.25) is 0 Å². The van der Waals surface area contributed by atoms with Crippen molar-refractivity contribution in [3.63, 3.8) is 0 Å². The van der Waals surface area contributed by atoms with Crippen LogP contribution in [0.1, 0.15) is 52.8 Å². The van der Waals surface area contributed by atoms with E-state index in [1.54, 1.807) is 25.3 Å². The van der Waals surface area contributed by atoms with Crippen LogP contribution in [0, 0.1) is 5.82 Å². The Labute approximate surface area is 207 Å². The maximum Gasteiger partial charge on any atom is 0.262 e. The molecular formula is C26H28FN3O4S. The van der Waals surface area contributed by atoms with E-state index in [0.717, 1.165) is 37.4 Å². The standard InChI is InChI=1S/C26H28FN3O4S/c1-34-14-13-30-25(33)21-12-9-18(24(32)28-20-5-3-2-4-6-20)15-22(21)29-26(30)35-16-23(31)17-7-10-19(27)11-8-17/h7-12,15,20H,2-6,13-14,16H2,1H3,(H,28,32). The van der Waals surface area contributed by atoms with Crippen LogP contribution in [0.25, 0.3) is 10.9 Å². The van der Waals surface area contributed by atoms with Crippen molar-refractivity contribution in [1.82, 2.24) is 14.9 Å². The van der Waals surface area contributed by atoms with Crippen molar-refractivity contribution >= 4 is 34.4 Å². The van der Waals surface area contributed by atoms with E-state index in [2.05, 4.69) is 10.3 Å². The fourth-order valence-corrected chi connectivity index (χ4v) is 5.12. The Morgan fingerprint density at radius 1 is 1.11 bits per heavy atom. The van der Waals surface area contributed by atoms with Gasteiger partial charge in [0.1, 0.15) is 5.82 Å². The normalized spacial score (nSPS) is 14.2. The minimum Gasteiger partial charge on any atom is -0.383 e. The molecule has 0 spiro atoms. The van der Waals surface area contributed by atoms with Crippen molar-refractivity contribution in [3.8, 4) is 0 Å². The van der Waals surface area contributed by atoms with Gasteiger partial charge in [0, 0.05) is 24.3 Å². The highest BCUT2D eigenvalue weighted by Gasteiger charge is 2.19. The number of rotatable bonds is 9. The number of carbonyl (C=O) groups is 2. The number of nitrogens with zero attached hydrogens (tertiary/aromatic N) is 2. The number of benzene rings is 2. The third-order valence-electron chi connectivity index (χ3n) is 6.14. The second-order valence-corrected chi connectivity index (χ2v) is 9.55. The first kappa shape index (κ1) is 25.1. The smallest absolute Gasteiger partial charge is 0.262 e. The van der Waals surface area contributed by atoms with Crippen LogP contribution >= 0.6 is 11.8 Å². The van der Waals surface area contributed by atoms with Crippen LogP contribution in [-0.4, -0.2) is 46.8 Å². The van der Waals surface area contributed by atoms with Gasteiger partial charge in [-0.3, -0.25) is 19.0 Å². The number of nitrogens with one attached hydrogen (secondary N) is 1. The van der Waals surface area contributed by atoms with Crippen LogP contribution in [0.3, 0.4) is 0 Å². The molecule has 1 N–H and O–H groups in total. The number of aromatic nitrogens is 2. The van der Waals surface area contributed by atoms with Gasteiger partial charge in [0.25, 0.3) is 11.5 Å². The molecule has 3 aromatic rings. The lowest BCUT2D eigenvalue weighted by Gasteiger charge is -2.22. The lowest BCUT2D eigenvalue weighted by atomic mass is 9.95. The molecule has 7 nitrogen and oxygen atoms in total. The van der Waals surface area contributed by atoms with Crippen molar-refractivity contribution in [2.75, 3.05) is 19.5 Å². The van der Waals surface area contributed by atoms with E-state index < -0.39 is 5.82 Å². The largest absolute Gasteiger partial charge is 0.383 e. The Kier molecular flexibility index (Phi) is 8.30. The summed E-state index contributed by atoms with van der Waals surface area (Å²) in [7, 11) is 1.54. The fraction of sp³-hybridized carbons (Fsp3) is 0.385. The van der Waals surface area contributed by atoms with Crippen molar-refractivity contribution < 1.29 is 18.7 Å². The van der Waals surface area contributed by atoms with E-state index >= 15 is 0 Å². The van der Waals surface area contributed by atoms with Gasteiger partial charge in [-0.25, -0.2) is 9.37 Å². The maximum atomic E-state index is 13.2. The van der Waals surface area contributed by atoms with Crippen molar-refractivity contribution in [2.45, 2.75) is 49.8 Å². The first-order valence-corrected chi connectivity index (χ1v) is 12.7. The molecule has 0 atom stereocenters. The maximum absolute atomic E-state index is 13.2. The Morgan fingerprint density at radius 3 is 2.54 bits per heavy atom. The Hall–Kier alpha value is -3.04. The van der Waals surface area contributed by atoms with Gasteiger partial charge in [-0.15, -0.1) is 0 Å². The molecule has 1 aliphatic carbocycles. The monoisotopic (exact) mass is 497 g/mol. The zero-order valence-corrected chi connectivity index (χ0v) is 20.4. The van der Waals surface area contributed by atoms with Gasteiger partial charge < -0.3 is 10.1 Å². The Morgan fingerprint density at radius 2 is 1.83 bits per heavy atom. The molecular weight excluding hydrogens is 469 g/mol. The van der Waals surface area contributed by atoms with E-state index in [4.69, 9.17) is 4.74 Å². The predicted molar refractivity (Wildman–Crippen MR) is 134 cm³/mol. The number of fused-ring (bicyclic) bond motifs is 1. The molecule has 0 radical (unpaired) electrons. The lowest BCUT2D eigenvalue weighted by Crippen LogP contribution is -2.36. The predicted octanol–water partition coefficient (Wildman–Crippen LogP) is 4.22. The molecule has 4 rings (SSSR count). The molecule has 9 heteroatoms. The molecule has 1 amide bonds. The van der Waals surface area contributed by atoms with Crippen LogP contribution in [-0.2, 0) is 11.3 Å². The summed E-state index contributed by atoms with van der Waals surface area (Å²) in [6.07, 6.45) is 5.38. The van der Waals surface area contributed by atoms with E-state index in [1.165, 1.54) is 35.3 Å².